The van der Waals surface area contributed by atoms with Crippen LogP contribution in [0.4, 0.5) is 0 Å². The minimum absolute atomic E-state index is 0.0560. The van der Waals surface area contributed by atoms with Gasteiger partial charge in [0.2, 0.25) is 0 Å². The molecule has 0 unspecified atom stereocenters. The maximum Gasteiger partial charge on any atom is 0.173 e. The third-order valence-electron chi connectivity index (χ3n) is 1.65. The molecular weight excluding hydrogens is 319 g/mol. The van der Waals surface area contributed by atoms with Crippen molar-refractivity contribution in [1.29, 1.82) is 0 Å². The molecular formula is C9H7Br2ClO. The lowest BCUT2D eigenvalue weighted by molar-refractivity contribution is 0.102. The maximum atomic E-state index is 11.3. The van der Waals surface area contributed by atoms with E-state index in [0.29, 0.717) is 15.9 Å². The average molecular weight is 326 g/mol. The van der Waals surface area contributed by atoms with Gasteiger partial charge in [0.1, 0.15) is 0 Å². The van der Waals surface area contributed by atoms with Crippen LogP contribution in [0.2, 0.25) is 5.02 Å². The van der Waals surface area contributed by atoms with Crippen LogP contribution >= 0.6 is 43.5 Å². The zero-order valence-corrected chi connectivity index (χ0v) is 10.8. The van der Waals surface area contributed by atoms with Gasteiger partial charge in [-0.05, 0) is 40.5 Å². The Balaban J connectivity index is 3.20. The molecule has 1 nitrogen and oxygen atoms in total. The Hall–Kier alpha value is 0.140. The first-order valence-electron chi connectivity index (χ1n) is 3.61. The summed E-state index contributed by atoms with van der Waals surface area (Å²) in [5.41, 5.74) is 1.57. The van der Waals surface area contributed by atoms with Crippen LogP contribution in [-0.4, -0.2) is 11.1 Å². The second-order valence-corrected chi connectivity index (χ2v) is 4.44. The number of benzene rings is 1. The Bertz CT molecular complexity index is 326. The standard InChI is InChI=1S/C9H7Br2ClO/c1-5-2-6(8(13)4-10)3-7(11)9(5)12/h2-3H,4H2,1H3. The first-order valence-corrected chi connectivity index (χ1v) is 5.90. The van der Waals surface area contributed by atoms with Gasteiger partial charge in [-0.25, -0.2) is 0 Å². The zero-order valence-electron chi connectivity index (χ0n) is 6.90. The molecule has 70 valence electrons. The summed E-state index contributed by atoms with van der Waals surface area (Å²) < 4.78 is 0.762. The molecule has 0 aliphatic rings. The molecule has 0 saturated heterocycles. The zero-order chi connectivity index (χ0) is 10.0. The van der Waals surface area contributed by atoms with E-state index in [4.69, 9.17) is 11.6 Å². The molecule has 1 aromatic carbocycles. The Morgan fingerprint density at radius 3 is 2.62 bits per heavy atom. The van der Waals surface area contributed by atoms with Gasteiger partial charge in [0.05, 0.1) is 10.4 Å². The summed E-state index contributed by atoms with van der Waals surface area (Å²) >= 11 is 12.3. The lowest BCUT2D eigenvalue weighted by Crippen LogP contribution is -2.00. The van der Waals surface area contributed by atoms with Gasteiger partial charge in [0, 0.05) is 10.0 Å². The number of Topliss-reactive ketones (excluding diaryl/α,β-unsaturated/α-hetero) is 1. The van der Waals surface area contributed by atoms with Gasteiger partial charge < -0.3 is 0 Å². The molecule has 0 amide bonds. The molecule has 0 N–H and O–H groups in total. The SMILES string of the molecule is Cc1cc(C(=O)CBr)cc(Br)c1Cl. The van der Waals surface area contributed by atoms with Gasteiger partial charge in [-0.15, -0.1) is 0 Å². The van der Waals surface area contributed by atoms with Crippen molar-refractivity contribution in [2.24, 2.45) is 0 Å². The number of ketones is 1. The van der Waals surface area contributed by atoms with Crippen molar-refractivity contribution in [3.63, 3.8) is 0 Å². The molecule has 4 heteroatoms. The van der Waals surface area contributed by atoms with Crippen molar-refractivity contribution in [3.05, 3.63) is 32.8 Å². The fourth-order valence-corrected chi connectivity index (χ4v) is 1.96. The number of rotatable bonds is 2. The van der Waals surface area contributed by atoms with Crippen molar-refractivity contribution in [3.8, 4) is 0 Å². The van der Waals surface area contributed by atoms with Gasteiger partial charge in [0.15, 0.2) is 5.78 Å². The Labute approximate surface area is 98.7 Å². The topological polar surface area (TPSA) is 17.1 Å². The van der Waals surface area contributed by atoms with Crippen LogP contribution in [-0.2, 0) is 0 Å². The minimum Gasteiger partial charge on any atom is -0.293 e. The number of carbonyl (C=O) groups is 1. The molecule has 0 fully saturated rings. The fraction of sp³-hybridized carbons (Fsp3) is 0.222. The Morgan fingerprint density at radius 1 is 1.54 bits per heavy atom. The van der Waals surface area contributed by atoms with Gasteiger partial charge in [-0.1, -0.05) is 27.5 Å². The third-order valence-corrected chi connectivity index (χ3v) is 3.52. The number of hydrogen-bond donors (Lipinski definition) is 0. The molecule has 0 radical (unpaired) electrons. The van der Waals surface area contributed by atoms with Crippen LogP contribution in [0.3, 0.4) is 0 Å². The van der Waals surface area contributed by atoms with E-state index in [1.165, 1.54) is 0 Å². The van der Waals surface area contributed by atoms with E-state index in [9.17, 15) is 4.79 Å². The number of alkyl halides is 1. The van der Waals surface area contributed by atoms with E-state index in [1.54, 1.807) is 12.1 Å². The lowest BCUT2D eigenvalue weighted by atomic mass is 10.1. The lowest BCUT2D eigenvalue weighted by Gasteiger charge is -2.04. The molecule has 0 heterocycles. The van der Waals surface area contributed by atoms with E-state index >= 15 is 0 Å². The van der Waals surface area contributed by atoms with Crippen LogP contribution in [0, 0.1) is 6.92 Å². The number of halogens is 3. The minimum atomic E-state index is 0.0560. The molecule has 0 bridgehead atoms. The van der Waals surface area contributed by atoms with Crippen LogP contribution in [0.15, 0.2) is 16.6 Å². The Morgan fingerprint density at radius 2 is 2.15 bits per heavy atom. The molecule has 0 aliphatic heterocycles. The number of carbonyl (C=O) groups excluding carboxylic acids is 1. The predicted octanol–water partition coefficient (Wildman–Crippen LogP) is 3.99. The van der Waals surface area contributed by atoms with Crippen molar-refractivity contribution in [1.82, 2.24) is 0 Å². The summed E-state index contributed by atoms with van der Waals surface area (Å²) in [5, 5.41) is 0.992. The highest BCUT2D eigenvalue weighted by Crippen LogP contribution is 2.27. The summed E-state index contributed by atoms with van der Waals surface area (Å²) in [6, 6.07) is 3.52. The van der Waals surface area contributed by atoms with Crippen molar-refractivity contribution >= 4 is 49.2 Å². The predicted molar refractivity (Wildman–Crippen MR) is 62.0 cm³/mol. The number of hydrogen-bond acceptors (Lipinski definition) is 1. The molecule has 13 heavy (non-hydrogen) atoms. The third kappa shape index (κ3) is 2.55. The van der Waals surface area contributed by atoms with Crippen LogP contribution in [0.5, 0.6) is 0 Å². The van der Waals surface area contributed by atoms with Crippen LogP contribution < -0.4 is 0 Å². The van der Waals surface area contributed by atoms with Crippen molar-refractivity contribution in [2.75, 3.05) is 5.33 Å². The summed E-state index contributed by atoms with van der Waals surface area (Å²) in [6.07, 6.45) is 0. The van der Waals surface area contributed by atoms with Crippen molar-refractivity contribution in [2.45, 2.75) is 6.92 Å². The highest BCUT2D eigenvalue weighted by Gasteiger charge is 2.08. The van der Waals surface area contributed by atoms with Gasteiger partial charge >= 0.3 is 0 Å². The maximum absolute atomic E-state index is 11.3. The van der Waals surface area contributed by atoms with Gasteiger partial charge in [0.25, 0.3) is 0 Å². The normalized spacial score (nSPS) is 10.2. The van der Waals surface area contributed by atoms with Gasteiger partial charge in [-0.3, -0.25) is 4.79 Å². The molecule has 0 saturated carbocycles. The molecule has 0 spiro atoms. The van der Waals surface area contributed by atoms with Crippen LogP contribution in [0.25, 0.3) is 0 Å². The highest BCUT2D eigenvalue weighted by molar-refractivity contribution is 9.10. The smallest absolute Gasteiger partial charge is 0.173 e. The summed E-state index contributed by atoms with van der Waals surface area (Å²) in [5.74, 6) is 0.0560. The van der Waals surface area contributed by atoms with E-state index in [2.05, 4.69) is 31.9 Å². The molecule has 0 aliphatic carbocycles. The fourth-order valence-electron chi connectivity index (χ4n) is 0.965. The Kier molecular flexibility index (Phi) is 3.95. The van der Waals surface area contributed by atoms with Crippen LogP contribution in [0.1, 0.15) is 15.9 Å². The highest BCUT2D eigenvalue weighted by atomic mass is 79.9. The van der Waals surface area contributed by atoms with Crippen molar-refractivity contribution < 1.29 is 4.79 Å². The average Bonchev–Trinajstić information content (AvgIpc) is 2.12. The molecule has 0 atom stereocenters. The second-order valence-electron chi connectivity index (χ2n) is 2.65. The second kappa shape index (κ2) is 4.58. The largest absolute Gasteiger partial charge is 0.293 e. The van der Waals surface area contributed by atoms with E-state index in [1.807, 2.05) is 6.92 Å². The first kappa shape index (κ1) is 11.2. The molecule has 1 aromatic rings. The van der Waals surface area contributed by atoms with E-state index < -0.39 is 0 Å². The number of aryl methyl sites for hydroxylation is 1. The van der Waals surface area contributed by atoms with E-state index in [-0.39, 0.29) is 5.78 Å². The summed E-state index contributed by atoms with van der Waals surface area (Å²) in [4.78, 5) is 11.3. The van der Waals surface area contributed by atoms with E-state index in [0.717, 1.165) is 10.0 Å². The quantitative estimate of drug-likeness (QED) is 0.593. The summed E-state index contributed by atoms with van der Waals surface area (Å²) in [7, 11) is 0. The monoisotopic (exact) mass is 324 g/mol. The summed E-state index contributed by atoms with van der Waals surface area (Å²) in [6.45, 7) is 1.87. The first-order chi connectivity index (χ1) is 6.06. The van der Waals surface area contributed by atoms with Gasteiger partial charge in [-0.2, -0.15) is 0 Å². The molecule has 1 rings (SSSR count). The molecule has 0 aromatic heterocycles.